The van der Waals surface area contributed by atoms with E-state index in [4.69, 9.17) is 4.74 Å². The van der Waals surface area contributed by atoms with E-state index in [1.54, 1.807) is 0 Å². The van der Waals surface area contributed by atoms with Gasteiger partial charge in [0.2, 0.25) is 0 Å². The summed E-state index contributed by atoms with van der Waals surface area (Å²) in [5.41, 5.74) is 0. The van der Waals surface area contributed by atoms with E-state index in [-0.39, 0.29) is 6.10 Å². The van der Waals surface area contributed by atoms with Crippen LogP contribution in [0.4, 0.5) is 0 Å². The van der Waals surface area contributed by atoms with Crippen LogP contribution < -0.4 is 0 Å². The first-order valence-corrected chi connectivity index (χ1v) is 4.14. The van der Waals surface area contributed by atoms with Gasteiger partial charge in [-0.15, -0.1) is 0 Å². The Morgan fingerprint density at radius 2 is 2.00 bits per heavy atom. The van der Waals surface area contributed by atoms with Crippen molar-refractivity contribution in [3.05, 3.63) is 0 Å². The van der Waals surface area contributed by atoms with Crippen molar-refractivity contribution in [2.45, 2.75) is 25.4 Å². The first-order valence-electron chi connectivity index (χ1n) is 4.14. The highest BCUT2D eigenvalue weighted by atomic mass is 16.5. The summed E-state index contributed by atoms with van der Waals surface area (Å²) in [6.07, 6.45) is 3.58. The van der Waals surface area contributed by atoms with Gasteiger partial charge in [-0.25, -0.2) is 0 Å². The molecule has 1 N–H and O–H groups in total. The summed E-state index contributed by atoms with van der Waals surface area (Å²) >= 11 is 0. The number of hydrogen-bond donors (Lipinski definition) is 1. The lowest BCUT2D eigenvalue weighted by molar-refractivity contribution is -0.0503. The lowest BCUT2D eigenvalue weighted by atomic mass is 9.92. The maximum Gasteiger partial charge on any atom is 0.0805 e. The van der Waals surface area contributed by atoms with Gasteiger partial charge in [0.15, 0.2) is 0 Å². The van der Waals surface area contributed by atoms with Gasteiger partial charge in [-0.05, 0) is 31.1 Å². The van der Waals surface area contributed by atoms with Crippen LogP contribution in [0.1, 0.15) is 19.3 Å². The first kappa shape index (κ1) is 6.62. The molecule has 1 saturated heterocycles. The molecule has 0 aromatic rings. The molecule has 10 heavy (non-hydrogen) atoms. The highest BCUT2D eigenvalue weighted by Crippen LogP contribution is 2.41. The molecule has 2 fully saturated rings. The van der Waals surface area contributed by atoms with Crippen LogP contribution in [-0.2, 0) is 4.74 Å². The Bertz CT molecular complexity index is 120. The predicted molar refractivity (Wildman–Crippen MR) is 37.7 cm³/mol. The van der Waals surface area contributed by atoms with Gasteiger partial charge < -0.3 is 9.84 Å². The van der Waals surface area contributed by atoms with Crippen LogP contribution in [0, 0.1) is 11.8 Å². The molecule has 1 saturated carbocycles. The first-order chi connectivity index (χ1) is 4.88. The SMILES string of the molecule is OC1COCCC1C1CC1. The van der Waals surface area contributed by atoms with Crippen LogP contribution in [0.5, 0.6) is 0 Å². The number of rotatable bonds is 1. The standard InChI is InChI=1S/C8H14O2/c9-8-5-10-4-3-7(8)6-1-2-6/h6-9H,1-5H2. The molecular formula is C8H14O2. The third-order valence-electron chi connectivity index (χ3n) is 2.61. The second-order valence-electron chi connectivity index (χ2n) is 3.43. The fourth-order valence-electron chi connectivity index (χ4n) is 1.81. The summed E-state index contributed by atoms with van der Waals surface area (Å²) in [5, 5.41) is 9.45. The third-order valence-corrected chi connectivity index (χ3v) is 2.61. The fourth-order valence-corrected chi connectivity index (χ4v) is 1.81. The second-order valence-corrected chi connectivity index (χ2v) is 3.43. The van der Waals surface area contributed by atoms with Gasteiger partial charge in [-0.2, -0.15) is 0 Å². The van der Waals surface area contributed by atoms with Crippen molar-refractivity contribution in [1.29, 1.82) is 0 Å². The minimum Gasteiger partial charge on any atom is -0.390 e. The molecule has 2 unspecified atom stereocenters. The lowest BCUT2D eigenvalue weighted by Crippen LogP contribution is -2.33. The second kappa shape index (κ2) is 2.51. The highest BCUT2D eigenvalue weighted by Gasteiger charge is 2.37. The van der Waals surface area contributed by atoms with Gasteiger partial charge in [0, 0.05) is 6.61 Å². The van der Waals surface area contributed by atoms with E-state index in [1.165, 1.54) is 12.8 Å². The van der Waals surface area contributed by atoms with Crippen LogP contribution in [-0.4, -0.2) is 24.4 Å². The average Bonchev–Trinajstić information content (AvgIpc) is 2.71. The Labute approximate surface area is 61.2 Å². The molecule has 0 spiro atoms. The molecule has 2 aliphatic rings. The molecule has 2 atom stereocenters. The van der Waals surface area contributed by atoms with Crippen molar-refractivity contribution in [1.82, 2.24) is 0 Å². The summed E-state index contributed by atoms with van der Waals surface area (Å²) in [5.74, 6) is 1.40. The molecule has 0 bridgehead atoms. The zero-order valence-corrected chi connectivity index (χ0v) is 6.12. The largest absolute Gasteiger partial charge is 0.390 e. The molecule has 1 aliphatic carbocycles. The van der Waals surface area contributed by atoms with Gasteiger partial charge in [-0.3, -0.25) is 0 Å². The Kier molecular flexibility index (Phi) is 1.66. The van der Waals surface area contributed by atoms with E-state index < -0.39 is 0 Å². The summed E-state index contributed by atoms with van der Waals surface area (Å²) in [7, 11) is 0. The molecule has 2 rings (SSSR count). The van der Waals surface area contributed by atoms with E-state index in [1.807, 2.05) is 0 Å². The quantitative estimate of drug-likeness (QED) is 0.586. The lowest BCUT2D eigenvalue weighted by Gasteiger charge is -2.27. The number of ether oxygens (including phenoxy) is 1. The van der Waals surface area contributed by atoms with E-state index in [2.05, 4.69) is 0 Å². The Balaban J connectivity index is 1.90. The molecule has 2 nitrogen and oxygen atoms in total. The number of aliphatic hydroxyl groups excluding tert-OH is 1. The molecule has 1 aliphatic heterocycles. The summed E-state index contributed by atoms with van der Waals surface area (Å²) in [4.78, 5) is 0. The van der Waals surface area contributed by atoms with Gasteiger partial charge in [0.1, 0.15) is 0 Å². The van der Waals surface area contributed by atoms with Gasteiger partial charge in [0.05, 0.1) is 12.7 Å². The molecule has 2 heteroatoms. The van der Waals surface area contributed by atoms with Crippen LogP contribution in [0.3, 0.4) is 0 Å². The maximum absolute atomic E-state index is 9.45. The van der Waals surface area contributed by atoms with Gasteiger partial charge in [0.25, 0.3) is 0 Å². The zero-order valence-electron chi connectivity index (χ0n) is 6.12. The van der Waals surface area contributed by atoms with Crippen LogP contribution in [0.25, 0.3) is 0 Å². The van der Waals surface area contributed by atoms with E-state index >= 15 is 0 Å². The van der Waals surface area contributed by atoms with Crippen molar-refractivity contribution >= 4 is 0 Å². The Morgan fingerprint density at radius 3 is 2.60 bits per heavy atom. The summed E-state index contributed by atoms with van der Waals surface area (Å²) in [6.45, 7) is 1.43. The molecule has 58 valence electrons. The van der Waals surface area contributed by atoms with Gasteiger partial charge >= 0.3 is 0 Å². The maximum atomic E-state index is 9.45. The minimum absolute atomic E-state index is 0.166. The Morgan fingerprint density at radius 1 is 1.20 bits per heavy atom. The van der Waals surface area contributed by atoms with Crippen molar-refractivity contribution in [2.24, 2.45) is 11.8 Å². The van der Waals surface area contributed by atoms with Gasteiger partial charge in [-0.1, -0.05) is 0 Å². The normalized spacial score (nSPS) is 41.7. The molecule has 0 amide bonds. The Hall–Kier alpha value is -0.0800. The average molecular weight is 142 g/mol. The third kappa shape index (κ3) is 1.18. The predicted octanol–water partition coefficient (Wildman–Crippen LogP) is 0.794. The smallest absolute Gasteiger partial charge is 0.0805 e. The van der Waals surface area contributed by atoms with Crippen molar-refractivity contribution in [3.63, 3.8) is 0 Å². The molecule has 0 radical (unpaired) electrons. The molecule has 0 aromatic carbocycles. The molecular weight excluding hydrogens is 128 g/mol. The number of hydrogen-bond acceptors (Lipinski definition) is 2. The van der Waals surface area contributed by atoms with Crippen LogP contribution in [0.2, 0.25) is 0 Å². The van der Waals surface area contributed by atoms with Crippen LogP contribution in [0.15, 0.2) is 0 Å². The van der Waals surface area contributed by atoms with Crippen LogP contribution >= 0.6 is 0 Å². The van der Waals surface area contributed by atoms with E-state index in [9.17, 15) is 5.11 Å². The van der Waals surface area contributed by atoms with E-state index in [0.29, 0.717) is 12.5 Å². The number of aliphatic hydroxyl groups is 1. The monoisotopic (exact) mass is 142 g/mol. The fraction of sp³-hybridized carbons (Fsp3) is 1.00. The molecule has 0 aromatic heterocycles. The minimum atomic E-state index is -0.166. The van der Waals surface area contributed by atoms with E-state index in [0.717, 1.165) is 18.9 Å². The van der Waals surface area contributed by atoms with Crippen molar-refractivity contribution < 1.29 is 9.84 Å². The topological polar surface area (TPSA) is 29.5 Å². The summed E-state index contributed by atoms with van der Waals surface area (Å²) < 4.78 is 5.14. The molecule has 1 heterocycles. The highest BCUT2D eigenvalue weighted by molar-refractivity contribution is 4.87. The summed E-state index contributed by atoms with van der Waals surface area (Å²) in [6, 6.07) is 0. The van der Waals surface area contributed by atoms with Crippen molar-refractivity contribution in [2.75, 3.05) is 13.2 Å². The van der Waals surface area contributed by atoms with Crippen molar-refractivity contribution in [3.8, 4) is 0 Å². The zero-order chi connectivity index (χ0) is 6.97.